The summed E-state index contributed by atoms with van der Waals surface area (Å²) < 4.78 is 1.85. The highest BCUT2D eigenvalue weighted by atomic mass is 15.4. The molecule has 18 heavy (non-hydrogen) atoms. The summed E-state index contributed by atoms with van der Waals surface area (Å²) in [4.78, 5) is 11.1. The van der Waals surface area contributed by atoms with Crippen LogP contribution in [0, 0.1) is 5.92 Å². The lowest BCUT2D eigenvalue weighted by molar-refractivity contribution is 0.712. The molecule has 0 aliphatic heterocycles. The number of nitrogens with zero attached hydrogens (tertiary/aromatic N) is 5. The third-order valence-corrected chi connectivity index (χ3v) is 3.53. The summed E-state index contributed by atoms with van der Waals surface area (Å²) in [7, 11) is 0. The summed E-state index contributed by atoms with van der Waals surface area (Å²) in [6.45, 7) is 6.44. The van der Waals surface area contributed by atoms with Crippen molar-refractivity contribution >= 4 is 11.6 Å². The molecule has 1 aliphatic rings. The Labute approximate surface area is 107 Å². The van der Waals surface area contributed by atoms with E-state index in [0.29, 0.717) is 5.78 Å². The number of hydrogen-bond donors (Lipinski definition) is 0. The van der Waals surface area contributed by atoms with Crippen LogP contribution < -0.4 is 4.90 Å². The summed E-state index contributed by atoms with van der Waals surface area (Å²) in [6, 6.07) is 2.15. The van der Waals surface area contributed by atoms with Crippen LogP contribution in [0.25, 0.3) is 5.78 Å². The van der Waals surface area contributed by atoms with Crippen LogP contribution in [0.2, 0.25) is 0 Å². The van der Waals surface area contributed by atoms with Crippen molar-refractivity contribution in [1.29, 1.82) is 0 Å². The first kappa shape index (κ1) is 11.4. The van der Waals surface area contributed by atoms with E-state index in [9.17, 15) is 0 Å². The first-order valence-electron chi connectivity index (χ1n) is 6.76. The molecule has 2 aromatic heterocycles. The number of hydrogen-bond acceptors (Lipinski definition) is 4. The van der Waals surface area contributed by atoms with Crippen LogP contribution >= 0.6 is 0 Å². The average molecular weight is 245 g/mol. The molecule has 5 heteroatoms. The van der Waals surface area contributed by atoms with E-state index >= 15 is 0 Å². The van der Waals surface area contributed by atoms with Gasteiger partial charge in [0, 0.05) is 24.8 Å². The molecule has 0 saturated heterocycles. The summed E-state index contributed by atoms with van der Waals surface area (Å²) in [5.74, 6) is 2.70. The zero-order valence-electron chi connectivity index (χ0n) is 11.0. The highest BCUT2D eigenvalue weighted by Gasteiger charge is 2.25. The quantitative estimate of drug-likeness (QED) is 0.807. The summed E-state index contributed by atoms with van der Waals surface area (Å²) >= 11 is 0. The fraction of sp³-hybridized carbons (Fsp3) is 0.615. The fourth-order valence-corrected chi connectivity index (χ4v) is 2.25. The maximum Gasteiger partial charge on any atom is 0.254 e. The molecule has 0 bridgehead atoms. The van der Waals surface area contributed by atoms with Gasteiger partial charge in [-0.15, -0.1) is 0 Å². The van der Waals surface area contributed by atoms with Crippen molar-refractivity contribution in [2.45, 2.75) is 33.1 Å². The SMILES string of the molecule is CCc1cc(N(CC)CC2CC2)n2ncnc2n1. The molecule has 1 fully saturated rings. The second kappa shape index (κ2) is 4.55. The van der Waals surface area contributed by atoms with Crippen molar-refractivity contribution < 1.29 is 0 Å². The van der Waals surface area contributed by atoms with Crippen molar-refractivity contribution in [3.05, 3.63) is 18.1 Å². The molecule has 0 atom stereocenters. The van der Waals surface area contributed by atoms with E-state index in [0.717, 1.165) is 36.9 Å². The van der Waals surface area contributed by atoms with Gasteiger partial charge in [-0.2, -0.15) is 14.6 Å². The third kappa shape index (κ3) is 2.05. The molecule has 5 nitrogen and oxygen atoms in total. The van der Waals surface area contributed by atoms with Gasteiger partial charge in [-0.1, -0.05) is 6.92 Å². The molecular weight excluding hydrogens is 226 g/mol. The minimum absolute atomic E-state index is 0.707. The van der Waals surface area contributed by atoms with Crippen molar-refractivity contribution in [3.8, 4) is 0 Å². The van der Waals surface area contributed by atoms with Gasteiger partial charge >= 0.3 is 0 Å². The lowest BCUT2D eigenvalue weighted by Crippen LogP contribution is -2.27. The van der Waals surface area contributed by atoms with Crippen LogP contribution in [0.3, 0.4) is 0 Å². The molecule has 2 aromatic rings. The van der Waals surface area contributed by atoms with E-state index in [1.54, 1.807) is 6.33 Å². The zero-order chi connectivity index (χ0) is 12.5. The monoisotopic (exact) mass is 245 g/mol. The molecule has 0 unspecified atom stereocenters. The Morgan fingerprint density at radius 2 is 2.22 bits per heavy atom. The van der Waals surface area contributed by atoms with Gasteiger partial charge in [0.1, 0.15) is 12.1 Å². The molecule has 2 heterocycles. The average Bonchev–Trinajstić information content (AvgIpc) is 3.09. The van der Waals surface area contributed by atoms with Crippen molar-refractivity contribution in [1.82, 2.24) is 19.6 Å². The number of fused-ring (bicyclic) bond motifs is 1. The van der Waals surface area contributed by atoms with E-state index in [-0.39, 0.29) is 0 Å². The largest absolute Gasteiger partial charge is 0.356 e. The van der Waals surface area contributed by atoms with Gasteiger partial charge < -0.3 is 4.90 Å². The van der Waals surface area contributed by atoms with Crippen molar-refractivity contribution in [3.63, 3.8) is 0 Å². The smallest absolute Gasteiger partial charge is 0.254 e. The van der Waals surface area contributed by atoms with Gasteiger partial charge in [-0.3, -0.25) is 0 Å². The van der Waals surface area contributed by atoms with Gasteiger partial charge in [0.15, 0.2) is 0 Å². The molecule has 0 amide bonds. The summed E-state index contributed by atoms with van der Waals surface area (Å²) in [5.41, 5.74) is 1.08. The molecule has 96 valence electrons. The van der Waals surface area contributed by atoms with E-state index < -0.39 is 0 Å². The molecule has 0 radical (unpaired) electrons. The van der Waals surface area contributed by atoms with Gasteiger partial charge in [0.25, 0.3) is 5.78 Å². The van der Waals surface area contributed by atoms with Crippen molar-refractivity contribution in [2.75, 3.05) is 18.0 Å². The number of aromatic nitrogens is 4. The Kier molecular flexibility index (Phi) is 2.89. The van der Waals surface area contributed by atoms with E-state index in [2.05, 4.69) is 39.9 Å². The first-order valence-corrected chi connectivity index (χ1v) is 6.76. The Bertz CT molecular complexity index is 543. The van der Waals surface area contributed by atoms with Gasteiger partial charge in [-0.25, -0.2) is 4.98 Å². The second-order valence-corrected chi connectivity index (χ2v) is 4.91. The van der Waals surface area contributed by atoms with Crippen LogP contribution in [0.5, 0.6) is 0 Å². The number of rotatable bonds is 5. The molecule has 1 aliphatic carbocycles. The summed E-state index contributed by atoms with van der Waals surface area (Å²) in [5, 5.41) is 4.29. The van der Waals surface area contributed by atoms with Gasteiger partial charge in [-0.05, 0) is 32.1 Å². The number of anilines is 1. The summed E-state index contributed by atoms with van der Waals surface area (Å²) in [6.07, 6.45) is 5.24. The van der Waals surface area contributed by atoms with E-state index in [1.165, 1.54) is 12.8 Å². The van der Waals surface area contributed by atoms with Crippen LogP contribution in [-0.4, -0.2) is 32.7 Å². The third-order valence-electron chi connectivity index (χ3n) is 3.53. The highest BCUT2D eigenvalue weighted by molar-refractivity contribution is 5.47. The molecule has 1 saturated carbocycles. The normalized spacial score (nSPS) is 15.2. The minimum atomic E-state index is 0.707. The second-order valence-electron chi connectivity index (χ2n) is 4.91. The minimum Gasteiger partial charge on any atom is -0.356 e. The molecule has 0 N–H and O–H groups in total. The zero-order valence-corrected chi connectivity index (χ0v) is 11.0. The maximum absolute atomic E-state index is 4.49. The lowest BCUT2D eigenvalue weighted by atomic mass is 10.3. The van der Waals surface area contributed by atoms with E-state index in [4.69, 9.17) is 0 Å². The van der Waals surface area contributed by atoms with Gasteiger partial charge in [0.2, 0.25) is 0 Å². The predicted octanol–water partition coefficient (Wildman–Crippen LogP) is 1.92. The lowest BCUT2D eigenvalue weighted by Gasteiger charge is -2.23. The fourth-order valence-electron chi connectivity index (χ4n) is 2.25. The standard InChI is InChI=1S/C13H19N5/c1-3-11-7-12(17(4-2)8-10-5-6-10)18-13(16-11)14-9-15-18/h7,9-10H,3-6,8H2,1-2H3. The molecule has 0 aromatic carbocycles. The highest BCUT2D eigenvalue weighted by Crippen LogP contribution is 2.31. The van der Waals surface area contributed by atoms with Crippen LogP contribution in [-0.2, 0) is 6.42 Å². The molecule has 3 rings (SSSR count). The Hall–Kier alpha value is -1.65. The van der Waals surface area contributed by atoms with Crippen LogP contribution in [0.1, 0.15) is 32.4 Å². The number of aryl methyl sites for hydroxylation is 1. The first-order chi connectivity index (χ1) is 8.81. The Morgan fingerprint density at radius 1 is 1.39 bits per heavy atom. The van der Waals surface area contributed by atoms with Crippen LogP contribution in [0.15, 0.2) is 12.4 Å². The van der Waals surface area contributed by atoms with Crippen molar-refractivity contribution in [2.24, 2.45) is 5.92 Å². The Balaban J connectivity index is 2.03. The topological polar surface area (TPSA) is 46.3 Å². The van der Waals surface area contributed by atoms with E-state index in [1.807, 2.05) is 4.52 Å². The Morgan fingerprint density at radius 3 is 2.89 bits per heavy atom. The van der Waals surface area contributed by atoms with Crippen LogP contribution in [0.4, 0.5) is 5.82 Å². The maximum atomic E-state index is 4.49. The van der Waals surface area contributed by atoms with Gasteiger partial charge in [0.05, 0.1) is 0 Å². The predicted molar refractivity (Wildman–Crippen MR) is 70.8 cm³/mol. The molecule has 0 spiro atoms. The molecular formula is C13H19N5.